The lowest BCUT2D eigenvalue weighted by atomic mass is 10.1. The maximum Gasteiger partial charge on any atom is 0.360 e. The van der Waals surface area contributed by atoms with E-state index in [0.29, 0.717) is 43.3 Å². The molecule has 0 spiro atoms. The van der Waals surface area contributed by atoms with Crippen LogP contribution < -0.4 is 4.90 Å². The summed E-state index contributed by atoms with van der Waals surface area (Å²) in [7, 11) is 0. The number of esters is 1. The van der Waals surface area contributed by atoms with E-state index in [-0.39, 0.29) is 18.2 Å². The number of piperazine rings is 1. The average Bonchev–Trinajstić information content (AvgIpc) is 3.28. The van der Waals surface area contributed by atoms with Gasteiger partial charge in [-0.2, -0.15) is 0 Å². The minimum Gasteiger partial charge on any atom is -0.461 e. The number of ether oxygens (including phenoxy) is 1. The molecule has 4 rings (SSSR count). The van der Waals surface area contributed by atoms with Crippen LogP contribution in [-0.2, 0) is 4.74 Å². The lowest BCUT2D eigenvalue weighted by Gasteiger charge is -2.35. The standard InChI is InChI=1S/C22H24N4O4/c1-4-29-22(28)19-20(24-17-13-15(3)14(2)12-16(17)23-19)25-7-9-26(10-8-25)21(27)18-6-5-11-30-18/h5-6,11-13H,4,7-10H2,1-3H3. The topological polar surface area (TPSA) is 88.8 Å². The molecule has 0 unspecified atom stereocenters. The van der Waals surface area contributed by atoms with Crippen molar-refractivity contribution in [2.45, 2.75) is 20.8 Å². The van der Waals surface area contributed by atoms with Gasteiger partial charge in [-0.15, -0.1) is 0 Å². The number of hydrogen-bond acceptors (Lipinski definition) is 7. The smallest absolute Gasteiger partial charge is 0.360 e. The van der Waals surface area contributed by atoms with Gasteiger partial charge in [0.25, 0.3) is 5.91 Å². The van der Waals surface area contributed by atoms with E-state index in [1.54, 1.807) is 24.0 Å². The highest BCUT2D eigenvalue weighted by Gasteiger charge is 2.28. The number of anilines is 1. The molecule has 30 heavy (non-hydrogen) atoms. The number of benzene rings is 1. The summed E-state index contributed by atoms with van der Waals surface area (Å²) in [6.45, 7) is 8.10. The third kappa shape index (κ3) is 3.72. The number of aromatic nitrogens is 2. The van der Waals surface area contributed by atoms with Gasteiger partial charge < -0.3 is 19.0 Å². The molecule has 2 aromatic heterocycles. The van der Waals surface area contributed by atoms with Crippen molar-refractivity contribution in [1.29, 1.82) is 0 Å². The van der Waals surface area contributed by atoms with Crippen LogP contribution >= 0.6 is 0 Å². The van der Waals surface area contributed by atoms with Crippen LogP contribution in [0.5, 0.6) is 0 Å². The van der Waals surface area contributed by atoms with Crippen molar-refractivity contribution >= 4 is 28.7 Å². The van der Waals surface area contributed by atoms with E-state index in [1.165, 1.54) is 6.26 Å². The first-order valence-electron chi connectivity index (χ1n) is 10.0. The van der Waals surface area contributed by atoms with Gasteiger partial charge >= 0.3 is 5.97 Å². The summed E-state index contributed by atoms with van der Waals surface area (Å²) < 4.78 is 10.4. The molecule has 1 aromatic carbocycles. The second-order valence-corrected chi connectivity index (χ2v) is 7.30. The molecule has 0 bridgehead atoms. The summed E-state index contributed by atoms with van der Waals surface area (Å²) in [6.07, 6.45) is 1.49. The highest BCUT2D eigenvalue weighted by molar-refractivity contribution is 5.96. The van der Waals surface area contributed by atoms with Crippen LogP contribution in [0.2, 0.25) is 0 Å². The second-order valence-electron chi connectivity index (χ2n) is 7.30. The minimum atomic E-state index is -0.491. The molecule has 0 aliphatic carbocycles. The first-order chi connectivity index (χ1) is 14.5. The normalized spacial score (nSPS) is 14.2. The number of carbonyl (C=O) groups is 2. The Morgan fingerprint density at radius 1 is 1.07 bits per heavy atom. The highest BCUT2D eigenvalue weighted by atomic mass is 16.5. The van der Waals surface area contributed by atoms with Gasteiger partial charge in [-0.3, -0.25) is 4.79 Å². The van der Waals surface area contributed by atoms with E-state index in [9.17, 15) is 9.59 Å². The summed E-state index contributed by atoms with van der Waals surface area (Å²) in [5.74, 6) is 0.191. The van der Waals surface area contributed by atoms with Crippen LogP contribution in [-0.4, -0.2) is 59.5 Å². The van der Waals surface area contributed by atoms with Crippen molar-refractivity contribution in [2.24, 2.45) is 0 Å². The van der Waals surface area contributed by atoms with Crippen LogP contribution in [0.15, 0.2) is 34.9 Å². The van der Waals surface area contributed by atoms with Gasteiger partial charge in [0.05, 0.1) is 23.9 Å². The molecule has 0 radical (unpaired) electrons. The summed E-state index contributed by atoms with van der Waals surface area (Å²) in [4.78, 5) is 38.2. The SMILES string of the molecule is CCOC(=O)c1nc2cc(C)c(C)cc2nc1N1CCN(C(=O)c2ccco2)CC1. The third-order valence-corrected chi connectivity index (χ3v) is 5.33. The van der Waals surface area contributed by atoms with Gasteiger partial charge in [-0.1, -0.05) is 0 Å². The number of hydrogen-bond donors (Lipinski definition) is 0. The number of amides is 1. The molecule has 0 N–H and O–H groups in total. The molecule has 0 atom stereocenters. The Bertz CT molecular complexity index is 1090. The molecule has 1 aliphatic rings. The fraction of sp³-hybridized carbons (Fsp3) is 0.364. The van der Waals surface area contributed by atoms with E-state index in [1.807, 2.05) is 30.9 Å². The van der Waals surface area contributed by atoms with Crippen molar-refractivity contribution < 1.29 is 18.7 Å². The number of furan rings is 1. The Morgan fingerprint density at radius 2 is 1.73 bits per heavy atom. The van der Waals surface area contributed by atoms with Gasteiger partial charge in [-0.25, -0.2) is 14.8 Å². The Labute approximate surface area is 174 Å². The molecule has 156 valence electrons. The molecule has 3 heterocycles. The van der Waals surface area contributed by atoms with E-state index < -0.39 is 5.97 Å². The van der Waals surface area contributed by atoms with Crippen LogP contribution in [0.1, 0.15) is 39.1 Å². The molecule has 1 fully saturated rings. The Morgan fingerprint density at radius 3 is 2.33 bits per heavy atom. The zero-order valence-corrected chi connectivity index (χ0v) is 17.3. The lowest BCUT2D eigenvalue weighted by Crippen LogP contribution is -2.49. The fourth-order valence-corrected chi connectivity index (χ4v) is 3.54. The molecule has 8 heteroatoms. The van der Waals surface area contributed by atoms with Crippen LogP contribution in [0.3, 0.4) is 0 Å². The van der Waals surface area contributed by atoms with Crippen molar-refractivity contribution in [3.05, 3.63) is 53.1 Å². The van der Waals surface area contributed by atoms with Gasteiger partial charge in [0.15, 0.2) is 17.3 Å². The number of aryl methyl sites for hydroxylation is 2. The first kappa shape index (κ1) is 19.9. The van der Waals surface area contributed by atoms with Gasteiger partial charge in [0, 0.05) is 26.2 Å². The van der Waals surface area contributed by atoms with E-state index in [0.717, 1.165) is 16.6 Å². The first-order valence-corrected chi connectivity index (χ1v) is 10.0. The zero-order valence-electron chi connectivity index (χ0n) is 17.3. The molecule has 8 nitrogen and oxygen atoms in total. The van der Waals surface area contributed by atoms with E-state index in [4.69, 9.17) is 14.1 Å². The molecule has 1 saturated heterocycles. The number of carbonyl (C=O) groups excluding carboxylic acids is 2. The molecule has 1 aliphatic heterocycles. The molecular formula is C22H24N4O4. The summed E-state index contributed by atoms with van der Waals surface area (Å²) in [5.41, 5.74) is 3.80. The van der Waals surface area contributed by atoms with Crippen molar-refractivity contribution in [3.63, 3.8) is 0 Å². The lowest BCUT2D eigenvalue weighted by molar-refractivity contribution is 0.0519. The number of fused-ring (bicyclic) bond motifs is 1. The largest absolute Gasteiger partial charge is 0.461 e. The Kier molecular flexibility index (Phi) is 5.39. The van der Waals surface area contributed by atoms with Crippen LogP contribution in [0.25, 0.3) is 11.0 Å². The number of nitrogens with zero attached hydrogens (tertiary/aromatic N) is 4. The summed E-state index contributed by atoms with van der Waals surface area (Å²) >= 11 is 0. The van der Waals surface area contributed by atoms with Crippen molar-refractivity contribution in [1.82, 2.24) is 14.9 Å². The van der Waals surface area contributed by atoms with Crippen LogP contribution in [0.4, 0.5) is 5.82 Å². The minimum absolute atomic E-state index is 0.138. The fourth-order valence-electron chi connectivity index (χ4n) is 3.54. The maximum atomic E-state index is 12.6. The van der Waals surface area contributed by atoms with Crippen molar-refractivity contribution in [3.8, 4) is 0 Å². The quantitative estimate of drug-likeness (QED) is 0.613. The number of rotatable bonds is 4. The summed E-state index contributed by atoms with van der Waals surface area (Å²) in [5, 5.41) is 0. The molecule has 1 amide bonds. The van der Waals surface area contributed by atoms with Crippen molar-refractivity contribution in [2.75, 3.05) is 37.7 Å². The maximum absolute atomic E-state index is 12.6. The zero-order chi connectivity index (χ0) is 21.3. The predicted octanol–water partition coefficient (Wildman–Crippen LogP) is 2.98. The van der Waals surface area contributed by atoms with E-state index >= 15 is 0 Å². The van der Waals surface area contributed by atoms with Gasteiger partial charge in [-0.05, 0) is 56.2 Å². The molecular weight excluding hydrogens is 384 g/mol. The highest BCUT2D eigenvalue weighted by Crippen LogP contribution is 2.25. The second kappa shape index (κ2) is 8.14. The van der Waals surface area contributed by atoms with Gasteiger partial charge in [0.1, 0.15) is 0 Å². The Hall–Kier alpha value is -3.42. The molecule has 0 saturated carbocycles. The monoisotopic (exact) mass is 408 g/mol. The Balaban J connectivity index is 1.64. The molecule has 3 aromatic rings. The van der Waals surface area contributed by atoms with Crippen LogP contribution in [0, 0.1) is 13.8 Å². The average molecular weight is 408 g/mol. The third-order valence-electron chi connectivity index (χ3n) is 5.33. The van der Waals surface area contributed by atoms with E-state index in [2.05, 4.69) is 4.98 Å². The predicted molar refractivity (Wildman–Crippen MR) is 112 cm³/mol. The van der Waals surface area contributed by atoms with Gasteiger partial charge in [0.2, 0.25) is 0 Å². The summed E-state index contributed by atoms with van der Waals surface area (Å²) in [6, 6.07) is 7.27.